The fourth-order valence-corrected chi connectivity index (χ4v) is 1.91. The fraction of sp³-hybridized carbons (Fsp3) is 0.889. The van der Waals surface area contributed by atoms with Crippen molar-refractivity contribution >= 4 is 5.78 Å². The lowest BCUT2D eigenvalue weighted by atomic mass is 9.84. The molecule has 0 aliphatic heterocycles. The molecule has 0 heterocycles. The van der Waals surface area contributed by atoms with Gasteiger partial charge >= 0.3 is 0 Å². The molecule has 0 unspecified atom stereocenters. The Bertz CT molecular complexity index is 140. The molecule has 0 spiro atoms. The van der Waals surface area contributed by atoms with E-state index in [0.29, 0.717) is 11.2 Å². The zero-order valence-electron chi connectivity index (χ0n) is 6.94. The molecule has 1 atom stereocenters. The molecule has 0 aromatic carbocycles. The van der Waals surface area contributed by atoms with Gasteiger partial charge in [0.1, 0.15) is 5.78 Å². The Morgan fingerprint density at radius 1 is 1.60 bits per heavy atom. The van der Waals surface area contributed by atoms with Gasteiger partial charge in [-0.05, 0) is 18.3 Å². The first-order valence-electron chi connectivity index (χ1n) is 4.18. The molecule has 1 rings (SSSR count). The molecule has 58 valence electrons. The van der Waals surface area contributed by atoms with Crippen LogP contribution >= 0.6 is 0 Å². The van der Waals surface area contributed by atoms with E-state index in [0.717, 1.165) is 19.3 Å². The predicted octanol–water partition coefficient (Wildman–Crippen LogP) is 2.55. The quantitative estimate of drug-likeness (QED) is 0.576. The molecule has 0 amide bonds. The minimum atomic E-state index is 0.367. The Balaban J connectivity index is 2.46. The number of carbonyl (C=O) groups is 1. The van der Waals surface area contributed by atoms with Gasteiger partial charge in [0.05, 0.1) is 0 Å². The maximum Gasteiger partial charge on any atom is 0.133 e. The highest BCUT2D eigenvalue weighted by Gasteiger charge is 2.32. The number of ketones is 1. The minimum Gasteiger partial charge on any atom is -0.300 e. The second-order valence-corrected chi connectivity index (χ2v) is 3.78. The first kappa shape index (κ1) is 7.77. The van der Waals surface area contributed by atoms with Crippen molar-refractivity contribution in [1.29, 1.82) is 0 Å². The van der Waals surface area contributed by atoms with Gasteiger partial charge in [-0.1, -0.05) is 20.3 Å². The third-order valence-electron chi connectivity index (χ3n) is 2.48. The van der Waals surface area contributed by atoms with Gasteiger partial charge in [-0.3, -0.25) is 4.79 Å². The van der Waals surface area contributed by atoms with Crippen LogP contribution in [0.3, 0.4) is 0 Å². The molecule has 1 fully saturated rings. The Hall–Kier alpha value is -0.330. The number of Topliss-reactive ketones (excluding diaryl/α,β-unsaturated/α-hetero) is 1. The zero-order valence-corrected chi connectivity index (χ0v) is 6.94. The fourth-order valence-electron chi connectivity index (χ4n) is 1.91. The zero-order chi connectivity index (χ0) is 7.61. The molecular weight excluding hydrogens is 124 g/mol. The van der Waals surface area contributed by atoms with E-state index >= 15 is 0 Å². The molecule has 0 bridgehead atoms. The summed E-state index contributed by atoms with van der Waals surface area (Å²) in [5, 5.41) is 0. The van der Waals surface area contributed by atoms with Crippen molar-refractivity contribution in [2.75, 3.05) is 0 Å². The van der Waals surface area contributed by atoms with Crippen molar-refractivity contribution in [3.05, 3.63) is 0 Å². The Morgan fingerprint density at radius 2 is 2.30 bits per heavy atom. The van der Waals surface area contributed by atoms with Crippen LogP contribution in [0.5, 0.6) is 0 Å². The summed E-state index contributed by atoms with van der Waals surface area (Å²) in [5.41, 5.74) is 0.367. The normalized spacial score (nSPS) is 33.2. The summed E-state index contributed by atoms with van der Waals surface area (Å²) in [6.07, 6.45) is 5.22. The highest BCUT2D eigenvalue weighted by atomic mass is 16.1. The Kier molecular flexibility index (Phi) is 2.12. The maximum atomic E-state index is 10.9. The first-order valence-corrected chi connectivity index (χ1v) is 4.18. The van der Waals surface area contributed by atoms with E-state index in [1.165, 1.54) is 12.8 Å². The summed E-state index contributed by atoms with van der Waals surface area (Å²) in [6, 6.07) is 0. The first-order chi connectivity index (χ1) is 4.66. The van der Waals surface area contributed by atoms with Gasteiger partial charge in [-0.2, -0.15) is 0 Å². The second kappa shape index (κ2) is 2.73. The third kappa shape index (κ3) is 1.59. The SMILES string of the molecule is CCC[C@@]1(C)CCC(=O)C1. The third-order valence-corrected chi connectivity index (χ3v) is 2.48. The summed E-state index contributed by atoms with van der Waals surface area (Å²) in [4.78, 5) is 10.9. The van der Waals surface area contributed by atoms with E-state index in [1.807, 2.05) is 0 Å². The van der Waals surface area contributed by atoms with E-state index in [9.17, 15) is 4.79 Å². The lowest BCUT2D eigenvalue weighted by molar-refractivity contribution is -0.118. The number of carbonyl (C=O) groups excluding carboxylic acids is 1. The molecule has 1 aliphatic rings. The van der Waals surface area contributed by atoms with Crippen molar-refractivity contribution in [1.82, 2.24) is 0 Å². The Morgan fingerprint density at radius 3 is 2.70 bits per heavy atom. The molecule has 0 aromatic heterocycles. The van der Waals surface area contributed by atoms with Crippen molar-refractivity contribution < 1.29 is 4.79 Å². The maximum absolute atomic E-state index is 10.9. The van der Waals surface area contributed by atoms with Crippen molar-refractivity contribution in [3.63, 3.8) is 0 Å². The van der Waals surface area contributed by atoms with Crippen LogP contribution in [0.1, 0.15) is 46.0 Å². The van der Waals surface area contributed by atoms with Crippen LogP contribution in [-0.2, 0) is 4.79 Å². The van der Waals surface area contributed by atoms with Gasteiger partial charge in [-0.25, -0.2) is 0 Å². The Labute approximate surface area is 62.8 Å². The van der Waals surface area contributed by atoms with Crippen molar-refractivity contribution in [2.24, 2.45) is 5.41 Å². The lowest BCUT2D eigenvalue weighted by Gasteiger charge is -2.20. The molecule has 0 saturated heterocycles. The summed E-state index contributed by atoms with van der Waals surface area (Å²) in [6.45, 7) is 4.43. The molecule has 1 aliphatic carbocycles. The lowest BCUT2D eigenvalue weighted by Crippen LogP contribution is -2.10. The van der Waals surface area contributed by atoms with Crippen LogP contribution in [0, 0.1) is 5.41 Å². The minimum absolute atomic E-state index is 0.367. The smallest absolute Gasteiger partial charge is 0.133 e. The average molecular weight is 140 g/mol. The summed E-state index contributed by atoms with van der Waals surface area (Å²) < 4.78 is 0. The van der Waals surface area contributed by atoms with Gasteiger partial charge in [0.15, 0.2) is 0 Å². The van der Waals surface area contributed by atoms with Crippen LogP contribution in [0.4, 0.5) is 0 Å². The molecule has 1 nitrogen and oxygen atoms in total. The number of hydrogen-bond acceptors (Lipinski definition) is 1. The van der Waals surface area contributed by atoms with E-state index in [-0.39, 0.29) is 0 Å². The standard InChI is InChI=1S/C9H16O/c1-3-5-9(2)6-4-8(10)7-9/h3-7H2,1-2H3/t9-/m0/s1. The highest BCUT2D eigenvalue weighted by molar-refractivity contribution is 5.81. The monoisotopic (exact) mass is 140 g/mol. The van der Waals surface area contributed by atoms with Crippen LogP contribution in [0.2, 0.25) is 0 Å². The molecule has 0 radical (unpaired) electrons. The molecule has 0 N–H and O–H groups in total. The largest absolute Gasteiger partial charge is 0.300 e. The predicted molar refractivity (Wildman–Crippen MR) is 41.9 cm³/mol. The van der Waals surface area contributed by atoms with Gasteiger partial charge in [0.2, 0.25) is 0 Å². The van der Waals surface area contributed by atoms with Crippen LogP contribution in [0.25, 0.3) is 0 Å². The van der Waals surface area contributed by atoms with Gasteiger partial charge < -0.3 is 0 Å². The highest BCUT2D eigenvalue weighted by Crippen LogP contribution is 2.39. The van der Waals surface area contributed by atoms with Crippen LogP contribution in [0.15, 0.2) is 0 Å². The molecular formula is C9H16O. The van der Waals surface area contributed by atoms with Gasteiger partial charge in [-0.15, -0.1) is 0 Å². The second-order valence-electron chi connectivity index (χ2n) is 3.78. The molecule has 10 heavy (non-hydrogen) atoms. The van der Waals surface area contributed by atoms with E-state index in [4.69, 9.17) is 0 Å². The van der Waals surface area contributed by atoms with Crippen molar-refractivity contribution in [3.8, 4) is 0 Å². The summed E-state index contributed by atoms with van der Waals surface area (Å²) in [7, 11) is 0. The van der Waals surface area contributed by atoms with Crippen LogP contribution < -0.4 is 0 Å². The van der Waals surface area contributed by atoms with E-state index < -0.39 is 0 Å². The summed E-state index contributed by atoms with van der Waals surface area (Å²) in [5.74, 6) is 0.468. The topological polar surface area (TPSA) is 17.1 Å². The number of rotatable bonds is 2. The average Bonchev–Trinajstić information content (AvgIpc) is 2.12. The van der Waals surface area contributed by atoms with Gasteiger partial charge in [0, 0.05) is 12.8 Å². The van der Waals surface area contributed by atoms with E-state index in [2.05, 4.69) is 13.8 Å². The molecule has 0 aromatic rings. The number of hydrogen-bond donors (Lipinski definition) is 0. The molecule has 1 heteroatoms. The van der Waals surface area contributed by atoms with Gasteiger partial charge in [0.25, 0.3) is 0 Å². The summed E-state index contributed by atoms with van der Waals surface area (Å²) >= 11 is 0. The molecule has 1 saturated carbocycles. The van der Waals surface area contributed by atoms with Crippen molar-refractivity contribution in [2.45, 2.75) is 46.0 Å². The van der Waals surface area contributed by atoms with Crippen LogP contribution in [-0.4, -0.2) is 5.78 Å². The van der Waals surface area contributed by atoms with E-state index in [1.54, 1.807) is 0 Å².